The van der Waals surface area contributed by atoms with Gasteiger partial charge in [0, 0.05) is 35.1 Å². The van der Waals surface area contributed by atoms with Crippen molar-refractivity contribution in [2.45, 2.75) is 0 Å². The first-order valence-electron chi connectivity index (χ1n) is 10.8. The third-order valence-electron chi connectivity index (χ3n) is 5.72. The number of nitrogens with zero attached hydrogens (tertiary/aromatic N) is 2. The number of rotatable bonds is 5. The Balaban J connectivity index is 1.37. The minimum atomic E-state index is -3.11. The minimum Gasteiger partial charge on any atom is -0.457 e. The molecule has 164 valence electrons. The summed E-state index contributed by atoms with van der Waals surface area (Å²) in [6.07, 6.45) is 3.36. The molecule has 0 amide bonds. The zero-order valence-electron chi connectivity index (χ0n) is 18.0. The fourth-order valence-electron chi connectivity index (χ4n) is 4.22. The molecule has 2 aromatic heterocycles. The van der Waals surface area contributed by atoms with Crippen LogP contribution < -0.4 is 25.5 Å². The van der Waals surface area contributed by atoms with E-state index in [0.29, 0.717) is 28.6 Å². The van der Waals surface area contributed by atoms with Gasteiger partial charge in [-0.25, -0.2) is 4.98 Å². The molecule has 6 rings (SSSR count). The topological polar surface area (TPSA) is 61.3 Å². The van der Waals surface area contributed by atoms with Gasteiger partial charge in [-0.3, -0.25) is 4.98 Å². The summed E-state index contributed by atoms with van der Waals surface area (Å²) in [5.41, 5.74) is 2.50. The van der Waals surface area contributed by atoms with Crippen LogP contribution in [-0.4, -0.2) is 9.97 Å². The fourth-order valence-corrected chi connectivity index (χ4v) is 7.17. The highest BCUT2D eigenvalue weighted by Gasteiger charge is 2.41. The maximum atomic E-state index is 14.6. The molecule has 0 saturated heterocycles. The maximum absolute atomic E-state index is 14.6. The van der Waals surface area contributed by atoms with Crippen LogP contribution in [0.4, 0.5) is 0 Å². The first-order valence-corrected chi connectivity index (χ1v) is 12.6. The molecule has 1 aliphatic rings. The molecule has 5 aromatic rings. The molecule has 0 saturated carbocycles. The van der Waals surface area contributed by atoms with E-state index in [-0.39, 0.29) is 0 Å². The summed E-state index contributed by atoms with van der Waals surface area (Å²) in [7, 11) is -3.11. The van der Waals surface area contributed by atoms with Gasteiger partial charge >= 0.3 is 0 Å². The van der Waals surface area contributed by atoms with Crippen LogP contribution in [0.25, 0.3) is 11.1 Å². The summed E-state index contributed by atoms with van der Waals surface area (Å²) in [6, 6.07) is 32.0. The van der Waals surface area contributed by atoms with Crippen molar-refractivity contribution in [2.75, 3.05) is 0 Å². The Hall–Kier alpha value is -4.21. The van der Waals surface area contributed by atoms with E-state index >= 15 is 0 Å². The van der Waals surface area contributed by atoms with Crippen molar-refractivity contribution < 1.29 is 14.0 Å². The Morgan fingerprint density at radius 2 is 1.26 bits per heavy atom. The van der Waals surface area contributed by atoms with Gasteiger partial charge in [-0.15, -0.1) is 0 Å². The van der Waals surface area contributed by atoms with Gasteiger partial charge in [0.1, 0.15) is 22.7 Å². The predicted octanol–water partition coefficient (Wildman–Crippen LogP) is 5.68. The van der Waals surface area contributed by atoms with Crippen molar-refractivity contribution in [1.82, 2.24) is 9.97 Å². The lowest BCUT2D eigenvalue weighted by molar-refractivity contribution is 0.449. The molecule has 6 heteroatoms. The second-order valence-corrected chi connectivity index (χ2v) is 10.5. The molecule has 5 nitrogen and oxygen atoms in total. The number of fused-ring (bicyclic) bond motifs is 3. The van der Waals surface area contributed by atoms with Crippen molar-refractivity contribution in [3.8, 4) is 34.3 Å². The van der Waals surface area contributed by atoms with Crippen molar-refractivity contribution in [3.05, 3.63) is 116 Å². The van der Waals surface area contributed by atoms with Gasteiger partial charge in [-0.1, -0.05) is 42.5 Å². The molecular weight excluding hydrogens is 443 g/mol. The van der Waals surface area contributed by atoms with Crippen molar-refractivity contribution in [3.63, 3.8) is 0 Å². The largest absolute Gasteiger partial charge is 0.457 e. The standard InChI is InChI=1S/C28H19N2O3P/c31-34(28-13-4-6-17-30-28)25-11-2-1-10-23(25)24-15-14-22(19-26(24)34)32-20-8-7-9-21(18-20)33-27-12-3-5-16-29-27/h1-19H. The normalized spacial score (nSPS) is 15.9. The number of hydrogen-bond donors (Lipinski definition) is 0. The third-order valence-corrected chi connectivity index (χ3v) is 8.74. The Kier molecular flexibility index (Phi) is 4.97. The van der Waals surface area contributed by atoms with E-state index in [0.717, 1.165) is 21.7 Å². The van der Waals surface area contributed by atoms with Crippen molar-refractivity contribution in [2.24, 2.45) is 0 Å². The Bertz CT molecular complexity index is 1540. The minimum absolute atomic E-state index is 0.506. The lowest BCUT2D eigenvalue weighted by Gasteiger charge is -2.15. The van der Waals surface area contributed by atoms with Crippen LogP contribution in [0.3, 0.4) is 0 Å². The highest BCUT2D eigenvalue weighted by Crippen LogP contribution is 2.52. The monoisotopic (exact) mass is 462 g/mol. The highest BCUT2D eigenvalue weighted by atomic mass is 31.2. The van der Waals surface area contributed by atoms with Gasteiger partial charge in [0.2, 0.25) is 5.88 Å². The van der Waals surface area contributed by atoms with Crippen molar-refractivity contribution >= 4 is 23.2 Å². The molecule has 1 unspecified atom stereocenters. The van der Waals surface area contributed by atoms with Crippen LogP contribution in [0.5, 0.6) is 23.1 Å². The average Bonchev–Trinajstić information content (AvgIpc) is 3.14. The molecule has 3 aromatic carbocycles. The SMILES string of the molecule is O=P1(c2ccccn2)c2ccccc2-c2ccc(Oc3cccc(Oc4ccccn4)c3)cc21. The Morgan fingerprint density at radius 3 is 2.06 bits per heavy atom. The number of benzene rings is 3. The first kappa shape index (κ1) is 20.4. The summed E-state index contributed by atoms with van der Waals surface area (Å²) in [5, 5.41) is 1.55. The fraction of sp³-hybridized carbons (Fsp3) is 0. The van der Waals surface area contributed by atoms with Crippen LogP contribution in [0.1, 0.15) is 0 Å². The van der Waals surface area contributed by atoms with Crippen LogP contribution in [-0.2, 0) is 4.57 Å². The lowest BCUT2D eigenvalue weighted by atomic mass is 10.1. The van der Waals surface area contributed by atoms with Gasteiger partial charge in [0.25, 0.3) is 0 Å². The molecule has 1 atom stereocenters. The molecule has 0 spiro atoms. The smallest absolute Gasteiger partial charge is 0.219 e. The second-order valence-electron chi connectivity index (χ2n) is 7.84. The summed E-state index contributed by atoms with van der Waals surface area (Å²) in [4.78, 5) is 8.66. The van der Waals surface area contributed by atoms with E-state index in [1.165, 1.54) is 0 Å². The van der Waals surface area contributed by atoms with Gasteiger partial charge in [0.05, 0.1) is 0 Å². The highest BCUT2D eigenvalue weighted by molar-refractivity contribution is 7.86. The number of hydrogen-bond acceptors (Lipinski definition) is 5. The van der Waals surface area contributed by atoms with E-state index < -0.39 is 7.14 Å². The number of pyridine rings is 2. The Labute approximate surface area is 197 Å². The summed E-state index contributed by atoms with van der Waals surface area (Å²) in [6.45, 7) is 0. The number of ether oxygens (including phenoxy) is 2. The lowest BCUT2D eigenvalue weighted by Crippen LogP contribution is -2.23. The van der Waals surface area contributed by atoms with Gasteiger partial charge in [-0.2, -0.15) is 0 Å². The van der Waals surface area contributed by atoms with E-state index in [1.807, 2.05) is 91.0 Å². The zero-order chi connectivity index (χ0) is 23.0. The van der Waals surface area contributed by atoms with E-state index in [9.17, 15) is 4.57 Å². The molecule has 1 aliphatic heterocycles. The van der Waals surface area contributed by atoms with Crippen LogP contribution in [0.2, 0.25) is 0 Å². The quantitative estimate of drug-likeness (QED) is 0.309. The molecule has 0 N–H and O–H groups in total. The molecular formula is C28H19N2O3P. The zero-order valence-corrected chi connectivity index (χ0v) is 18.9. The summed E-state index contributed by atoms with van der Waals surface area (Å²) >= 11 is 0. The molecule has 0 fully saturated rings. The third kappa shape index (κ3) is 3.47. The molecule has 0 radical (unpaired) electrons. The summed E-state index contributed by atoms with van der Waals surface area (Å²) in [5.74, 6) is 2.32. The van der Waals surface area contributed by atoms with Gasteiger partial charge < -0.3 is 14.0 Å². The van der Waals surface area contributed by atoms with E-state index in [4.69, 9.17) is 9.47 Å². The molecule has 3 heterocycles. The average molecular weight is 462 g/mol. The predicted molar refractivity (Wildman–Crippen MR) is 133 cm³/mol. The Morgan fingerprint density at radius 1 is 0.559 bits per heavy atom. The van der Waals surface area contributed by atoms with E-state index in [1.54, 1.807) is 24.5 Å². The second kappa shape index (κ2) is 8.29. The maximum Gasteiger partial charge on any atom is 0.219 e. The first-order chi connectivity index (χ1) is 16.7. The number of aromatic nitrogens is 2. The van der Waals surface area contributed by atoms with Gasteiger partial charge in [-0.05, 0) is 59.7 Å². The van der Waals surface area contributed by atoms with Crippen molar-refractivity contribution in [1.29, 1.82) is 0 Å². The summed E-state index contributed by atoms with van der Waals surface area (Å²) < 4.78 is 26.6. The molecule has 0 aliphatic carbocycles. The van der Waals surface area contributed by atoms with Crippen LogP contribution in [0, 0.1) is 0 Å². The van der Waals surface area contributed by atoms with Gasteiger partial charge in [0.15, 0.2) is 7.14 Å². The molecule has 34 heavy (non-hydrogen) atoms. The van der Waals surface area contributed by atoms with E-state index in [2.05, 4.69) is 9.97 Å². The van der Waals surface area contributed by atoms with Crippen LogP contribution in [0.15, 0.2) is 116 Å². The van der Waals surface area contributed by atoms with Crippen LogP contribution >= 0.6 is 7.14 Å². The molecule has 0 bridgehead atoms.